The van der Waals surface area contributed by atoms with Crippen molar-refractivity contribution < 1.29 is 4.90 Å². The molecule has 1 unspecified atom stereocenters. The van der Waals surface area contributed by atoms with Gasteiger partial charge in [0.25, 0.3) is 0 Å². The van der Waals surface area contributed by atoms with Gasteiger partial charge in [0.2, 0.25) is 0 Å². The van der Waals surface area contributed by atoms with Gasteiger partial charge in [-0.1, -0.05) is 30.3 Å². The first-order valence-electron chi connectivity index (χ1n) is 8.27. The van der Waals surface area contributed by atoms with Crippen LogP contribution < -0.4 is 4.90 Å². The average molecular weight is 336 g/mol. The van der Waals surface area contributed by atoms with E-state index in [1.54, 1.807) is 11.2 Å². The third-order valence-electron chi connectivity index (χ3n) is 4.72. The van der Waals surface area contributed by atoms with E-state index in [2.05, 4.69) is 41.4 Å². The number of quaternary nitrogens is 1. The minimum absolute atomic E-state index is 0.753. The van der Waals surface area contributed by atoms with Gasteiger partial charge in [-0.15, -0.1) is 16.4 Å². The number of nitrogens with one attached hydrogen (secondary N) is 1. The molecule has 4 heterocycles. The number of rotatable bonds is 2. The second kappa shape index (κ2) is 5.36. The van der Waals surface area contributed by atoms with Gasteiger partial charge >= 0.3 is 0 Å². The van der Waals surface area contributed by atoms with Gasteiger partial charge in [-0.2, -0.15) is 0 Å². The Hall–Kier alpha value is -2.31. The Balaban J connectivity index is 1.65. The van der Waals surface area contributed by atoms with Crippen molar-refractivity contribution >= 4 is 27.2 Å². The van der Waals surface area contributed by atoms with Crippen LogP contribution >= 0.6 is 11.3 Å². The van der Waals surface area contributed by atoms with E-state index >= 15 is 0 Å². The van der Waals surface area contributed by atoms with Gasteiger partial charge in [0.1, 0.15) is 17.7 Å². The summed E-state index contributed by atoms with van der Waals surface area (Å²) in [5, 5.41) is 5.86. The predicted octanol–water partition coefficient (Wildman–Crippen LogP) is 1.50. The molecule has 0 saturated heterocycles. The van der Waals surface area contributed by atoms with Crippen LogP contribution in [0.2, 0.25) is 0 Å². The van der Waals surface area contributed by atoms with Crippen LogP contribution in [0.4, 0.5) is 0 Å². The van der Waals surface area contributed by atoms with Gasteiger partial charge in [-0.25, -0.2) is 14.5 Å². The zero-order chi connectivity index (χ0) is 16.1. The lowest BCUT2D eigenvalue weighted by molar-refractivity contribution is -0.895. The Morgan fingerprint density at radius 2 is 2.12 bits per heavy atom. The molecule has 24 heavy (non-hydrogen) atoms. The Morgan fingerprint density at radius 3 is 3.00 bits per heavy atom. The molecule has 0 spiro atoms. The first-order chi connectivity index (χ1) is 11.8. The lowest BCUT2D eigenvalue weighted by Gasteiger charge is -2.19. The Labute approximate surface area is 143 Å². The van der Waals surface area contributed by atoms with E-state index in [0.29, 0.717) is 0 Å². The number of aromatic nitrogens is 4. The van der Waals surface area contributed by atoms with Crippen LogP contribution in [0.1, 0.15) is 21.8 Å². The molecule has 5 nitrogen and oxygen atoms in total. The van der Waals surface area contributed by atoms with Gasteiger partial charge in [0, 0.05) is 12.8 Å². The number of benzene rings is 1. The number of hydrogen-bond acceptors (Lipinski definition) is 4. The van der Waals surface area contributed by atoms with Crippen molar-refractivity contribution in [1.29, 1.82) is 0 Å². The van der Waals surface area contributed by atoms with Crippen molar-refractivity contribution in [3.8, 4) is 0 Å². The summed E-state index contributed by atoms with van der Waals surface area (Å²) in [6.45, 7) is 2.26. The molecular weight excluding hydrogens is 318 g/mol. The molecule has 0 aliphatic carbocycles. The highest BCUT2D eigenvalue weighted by atomic mass is 32.1. The van der Waals surface area contributed by atoms with E-state index in [1.165, 1.54) is 27.9 Å². The minimum Gasteiger partial charge on any atom is -0.333 e. The molecule has 120 valence electrons. The second-order valence-corrected chi connectivity index (χ2v) is 7.60. The van der Waals surface area contributed by atoms with E-state index in [0.717, 1.165) is 35.7 Å². The first kappa shape index (κ1) is 14.1. The highest BCUT2D eigenvalue weighted by Crippen LogP contribution is 2.33. The molecule has 1 atom stereocenters. The number of hydrogen-bond donors (Lipinski definition) is 1. The third kappa shape index (κ3) is 2.22. The van der Waals surface area contributed by atoms with Crippen LogP contribution in [-0.2, 0) is 19.4 Å². The van der Waals surface area contributed by atoms with Gasteiger partial charge < -0.3 is 4.90 Å². The van der Waals surface area contributed by atoms with Crippen molar-refractivity contribution in [2.75, 3.05) is 13.6 Å². The molecular formula is C18H18N5S+. The molecule has 0 radical (unpaired) electrons. The van der Waals surface area contributed by atoms with Crippen LogP contribution in [-0.4, -0.2) is 33.2 Å². The number of likely N-dealkylation sites (N-methyl/N-ethyl adjacent to an activating group) is 1. The largest absolute Gasteiger partial charge is 0.333 e. The van der Waals surface area contributed by atoms with Crippen LogP contribution in [0.3, 0.4) is 0 Å². The normalized spacial score (nSPS) is 17.5. The fraction of sp³-hybridized carbons (Fsp3) is 0.278. The summed E-state index contributed by atoms with van der Waals surface area (Å²) in [5.74, 6) is 0.856. The third-order valence-corrected chi connectivity index (χ3v) is 5.86. The first-order valence-corrected chi connectivity index (χ1v) is 9.09. The number of fused-ring (bicyclic) bond motifs is 5. The van der Waals surface area contributed by atoms with Crippen molar-refractivity contribution in [3.05, 3.63) is 58.5 Å². The molecule has 1 aromatic carbocycles. The fourth-order valence-corrected chi connectivity index (χ4v) is 4.80. The minimum atomic E-state index is 0.753. The van der Waals surface area contributed by atoms with Crippen LogP contribution in [0.25, 0.3) is 15.9 Å². The summed E-state index contributed by atoms with van der Waals surface area (Å²) in [7, 11) is 2.26. The molecule has 6 heteroatoms. The van der Waals surface area contributed by atoms with Gasteiger partial charge in [0.15, 0.2) is 11.5 Å². The second-order valence-electron chi connectivity index (χ2n) is 6.52. The molecule has 1 aliphatic heterocycles. The van der Waals surface area contributed by atoms with E-state index in [-0.39, 0.29) is 0 Å². The monoisotopic (exact) mass is 336 g/mol. The number of nitrogens with zero attached hydrogens (tertiary/aromatic N) is 4. The van der Waals surface area contributed by atoms with E-state index in [1.807, 2.05) is 21.9 Å². The van der Waals surface area contributed by atoms with Gasteiger partial charge in [0.05, 0.1) is 23.9 Å². The smallest absolute Gasteiger partial charge is 0.167 e. The summed E-state index contributed by atoms with van der Waals surface area (Å²) in [5.41, 5.74) is 3.63. The van der Waals surface area contributed by atoms with E-state index < -0.39 is 0 Å². The maximum Gasteiger partial charge on any atom is 0.167 e. The molecule has 3 aromatic heterocycles. The molecule has 1 N–H and O–H groups in total. The van der Waals surface area contributed by atoms with Crippen LogP contribution in [0, 0.1) is 0 Å². The number of thiophene rings is 1. The van der Waals surface area contributed by atoms with Gasteiger partial charge in [-0.3, -0.25) is 0 Å². The Kier molecular flexibility index (Phi) is 3.14. The lowest BCUT2D eigenvalue weighted by Crippen LogP contribution is -3.08. The zero-order valence-electron chi connectivity index (χ0n) is 13.5. The molecule has 0 amide bonds. The lowest BCUT2D eigenvalue weighted by atomic mass is 10.1. The van der Waals surface area contributed by atoms with Crippen molar-refractivity contribution in [2.24, 2.45) is 0 Å². The predicted molar refractivity (Wildman–Crippen MR) is 94.6 cm³/mol. The molecule has 1 aliphatic rings. The summed E-state index contributed by atoms with van der Waals surface area (Å²) < 4.78 is 1.85. The molecule has 0 bridgehead atoms. The average Bonchev–Trinajstić information content (AvgIpc) is 3.15. The molecule has 0 saturated carbocycles. The summed E-state index contributed by atoms with van der Waals surface area (Å²) >= 11 is 1.82. The van der Waals surface area contributed by atoms with E-state index in [4.69, 9.17) is 4.98 Å². The highest BCUT2D eigenvalue weighted by molar-refractivity contribution is 7.19. The molecule has 4 aromatic rings. The summed E-state index contributed by atoms with van der Waals surface area (Å²) in [6, 6.07) is 10.4. The Morgan fingerprint density at radius 1 is 1.25 bits per heavy atom. The van der Waals surface area contributed by atoms with Gasteiger partial charge in [-0.05, 0) is 11.1 Å². The maximum absolute atomic E-state index is 4.85. The quantitative estimate of drug-likeness (QED) is 0.603. The summed E-state index contributed by atoms with van der Waals surface area (Å²) in [6.07, 6.45) is 3.66. The summed E-state index contributed by atoms with van der Waals surface area (Å²) in [4.78, 5) is 13.6. The van der Waals surface area contributed by atoms with Crippen LogP contribution in [0.15, 0.2) is 36.7 Å². The highest BCUT2D eigenvalue weighted by Gasteiger charge is 2.24. The zero-order valence-corrected chi connectivity index (χ0v) is 14.3. The molecule has 0 fully saturated rings. The maximum atomic E-state index is 4.85. The Bertz CT molecular complexity index is 1030. The molecule has 5 rings (SSSR count). The van der Waals surface area contributed by atoms with Crippen molar-refractivity contribution in [2.45, 2.75) is 19.4 Å². The van der Waals surface area contributed by atoms with Crippen molar-refractivity contribution in [3.63, 3.8) is 0 Å². The fourth-order valence-electron chi connectivity index (χ4n) is 3.51. The SMILES string of the molecule is C[NH+]1CCc2c(sc3ncn4nc(Cc5ccccc5)nc4c23)C1. The van der Waals surface area contributed by atoms with Crippen molar-refractivity contribution in [1.82, 2.24) is 19.6 Å². The van der Waals surface area contributed by atoms with Crippen LogP contribution in [0.5, 0.6) is 0 Å². The van der Waals surface area contributed by atoms with E-state index in [9.17, 15) is 0 Å². The standard InChI is InChI=1S/C18H17N5S/c1-22-8-7-13-14(10-22)24-18-16(13)17-20-15(21-23(17)11-19-18)9-12-5-3-2-4-6-12/h2-6,11H,7-10H2,1H3/p+1. The topological polar surface area (TPSA) is 47.5 Å².